The summed E-state index contributed by atoms with van der Waals surface area (Å²) in [5, 5.41) is 3.80. The fourth-order valence-electron chi connectivity index (χ4n) is 3.23. The fourth-order valence-corrected chi connectivity index (χ4v) is 4.26. The average Bonchev–Trinajstić information content (AvgIpc) is 3.09. The Balaban J connectivity index is 1.63. The van der Waals surface area contributed by atoms with Gasteiger partial charge in [0.1, 0.15) is 15.6 Å². The van der Waals surface area contributed by atoms with Crippen LogP contribution in [0.4, 0.5) is 0 Å². The van der Waals surface area contributed by atoms with Crippen molar-refractivity contribution in [2.24, 2.45) is 0 Å². The molecule has 1 amide bonds. The van der Waals surface area contributed by atoms with Crippen LogP contribution in [0.5, 0.6) is 0 Å². The second kappa shape index (κ2) is 7.52. The van der Waals surface area contributed by atoms with Crippen molar-refractivity contribution < 1.29 is 4.79 Å². The molecule has 7 heteroatoms. The first-order valence-electron chi connectivity index (χ1n) is 9.16. The number of carbonyl (C=O) groups is 1. The van der Waals surface area contributed by atoms with Crippen molar-refractivity contribution in [3.63, 3.8) is 0 Å². The SMILES string of the molecule is CC[C@H](C(=O)NCc1ccc(C)cc1)n1cnc2c(sc3ncccc32)c1=O. The molecule has 0 radical (unpaired) electrons. The molecule has 0 aliphatic carbocycles. The molecule has 28 heavy (non-hydrogen) atoms. The molecule has 3 aromatic heterocycles. The van der Waals surface area contributed by atoms with Crippen LogP contribution in [0.1, 0.15) is 30.5 Å². The zero-order valence-electron chi connectivity index (χ0n) is 15.7. The third-order valence-corrected chi connectivity index (χ3v) is 5.88. The first-order chi connectivity index (χ1) is 13.6. The molecule has 1 atom stereocenters. The van der Waals surface area contributed by atoms with Gasteiger partial charge < -0.3 is 5.32 Å². The topological polar surface area (TPSA) is 76.9 Å². The van der Waals surface area contributed by atoms with E-state index in [1.807, 2.05) is 50.2 Å². The van der Waals surface area contributed by atoms with Crippen molar-refractivity contribution in [1.82, 2.24) is 19.9 Å². The molecule has 3 heterocycles. The second-order valence-corrected chi connectivity index (χ2v) is 7.72. The van der Waals surface area contributed by atoms with Gasteiger partial charge in [-0.1, -0.05) is 36.8 Å². The minimum Gasteiger partial charge on any atom is -0.350 e. The zero-order valence-corrected chi connectivity index (χ0v) is 16.5. The highest BCUT2D eigenvalue weighted by molar-refractivity contribution is 7.25. The molecule has 4 aromatic rings. The van der Waals surface area contributed by atoms with Gasteiger partial charge in [-0.3, -0.25) is 14.2 Å². The lowest BCUT2D eigenvalue weighted by atomic mass is 10.1. The van der Waals surface area contributed by atoms with E-state index in [2.05, 4.69) is 15.3 Å². The van der Waals surface area contributed by atoms with E-state index in [4.69, 9.17) is 0 Å². The number of aryl methyl sites for hydroxylation is 1. The number of carbonyl (C=O) groups excluding carboxylic acids is 1. The van der Waals surface area contributed by atoms with Gasteiger partial charge in [0.05, 0.1) is 11.8 Å². The van der Waals surface area contributed by atoms with Gasteiger partial charge in [0, 0.05) is 18.1 Å². The predicted octanol–water partition coefficient (Wildman–Crippen LogP) is 3.58. The van der Waals surface area contributed by atoms with Gasteiger partial charge in [-0.2, -0.15) is 0 Å². The van der Waals surface area contributed by atoms with Crippen molar-refractivity contribution in [2.45, 2.75) is 32.9 Å². The van der Waals surface area contributed by atoms with E-state index >= 15 is 0 Å². The number of amides is 1. The minimum atomic E-state index is -0.604. The first-order valence-corrected chi connectivity index (χ1v) is 9.97. The summed E-state index contributed by atoms with van der Waals surface area (Å²) < 4.78 is 1.96. The third kappa shape index (κ3) is 3.29. The predicted molar refractivity (Wildman–Crippen MR) is 112 cm³/mol. The molecule has 0 saturated heterocycles. The molecule has 6 nitrogen and oxygen atoms in total. The summed E-state index contributed by atoms with van der Waals surface area (Å²) >= 11 is 1.31. The molecule has 0 unspecified atom stereocenters. The van der Waals surface area contributed by atoms with Crippen molar-refractivity contribution >= 4 is 37.7 Å². The molecule has 0 spiro atoms. The Hall–Kier alpha value is -3.06. The highest BCUT2D eigenvalue weighted by atomic mass is 32.1. The maximum atomic E-state index is 13.0. The van der Waals surface area contributed by atoms with E-state index in [0.29, 0.717) is 23.2 Å². The smallest absolute Gasteiger partial charge is 0.272 e. The van der Waals surface area contributed by atoms with Crippen LogP contribution in [0.2, 0.25) is 0 Å². The molecule has 0 bridgehead atoms. The van der Waals surface area contributed by atoms with E-state index in [1.54, 1.807) is 6.20 Å². The van der Waals surface area contributed by atoms with Crippen LogP contribution in [-0.4, -0.2) is 20.4 Å². The summed E-state index contributed by atoms with van der Waals surface area (Å²) in [6.45, 7) is 4.33. The number of rotatable bonds is 5. The van der Waals surface area contributed by atoms with Crippen LogP contribution < -0.4 is 10.9 Å². The van der Waals surface area contributed by atoms with Crippen LogP contribution in [-0.2, 0) is 11.3 Å². The number of benzene rings is 1. The van der Waals surface area contributed by atoms with Crippen LogP contribution in [0.25, 0.3) is 20.4 Å². The maximum Gasteiger partial charge on any atom is 0.272 e. The van der Waals surface area contributed by atoms with E-state index in [-0.39, 0.29) is 11.5 Å². The largest absolute Gasteiger partial charge is 0.350 e. The van der Waals surface area contributed by atoms with E-state index in [0.717, 1.165) is 15.8 Å². The Morgan fingerprint density at radius 2 is 2.00 bits per heavy atom. The summed E-state index contributed by atoms with van der Waals surface area (Å²) in [5.41, 5.74) is 2.63. The van der Waals surface area contributed by atoms with Crippen molar-refractivity contribution in [2.75, 3.05) is 0 Å². The number of aromatic nitrogens is 3. The molecule has 0 aliphatic heterocycles. The highest BCUT2D eigenvalue weighted by Gasteiger charge is 2.22. The number of nitrogens with zero attached hydrogens (tertiary/aromatic N) is 3. The number of fused-ring (bicyclic) bond motifs is 3. The third-order valence-electron chi connectivity index (χ3n) is 4.79. The molecular formula is C21H20N4O2S. The van der Waals surface area contributed by atoms with E-state index in [9.17, 15) is 9.59 Å². The van der Waals surface area contributed by atoms with Crippen molar-refractivity contribution in [3.8, 4) is 0 Å². The fraction of sp³-hybridized carbons (Fsp3) is 0.238. The highest BCUT2D eigenvalue weighted by Crippen LogP contribution is 2.28. The first kappa shape index (κ1) is 18.3. The van der Waals surface area contributed by atoms with Gasteiger partial charge in [-0.15, -0.1) is 11.3 Å². The summed E-state index contributed by atoms with van der Waals surface area (Å²) in [6, 6.07) is 11.1. The Labute approximate surface area is 165 Å². The molecule has 142 valence electrons. The van der Waals surface area contributed by atoms with Gasteiger partial charge in [0.2, 0.25) is 5.91 Å². The van der Waals surface area contributed by atoms with Gasteiger partial charge >= 0.3 is 0 Å². The van der Waals surface area contributed by atoms with Gasteiger partial charge in [-0.05, 0) is 31.0 Å². The summed E-state index contributed by atoms with van der Waals surface area (Å²) in [5.74, 6) is -0.189. The lowest BCUT2D eigenvalue weighted by Crippen LogP contribution is -2.36. The molecule has 1 N–H and O–H groups in total. The molecule has 4 rings (SSSR count). The molecular weight excluding hydrogens is 372 g/mol. The van der Waals surface area contributed by atoms with Crippen LogP contribution in [0.15, 0.2) is 53.7 Å². The van der Waals surface area contributed by atoms with Crippen molar-refractivity contribution in [1.29, 1.82) is 0 Å². The normalized spacial score (nSPS) is 12.4. The average molecular weight is 392 g/mol. The summed E-state index contributed by atoms with van der Waals surface area (Å²) in [7, 11) is 0. The molecule has 0 aliphatic rings. The number of thiophene rings is 1. The molecule has 1 aromatic carbocycles. The number of nitrogens with one attached hydrogen (secondary N) is 1. The summed E-state index contributed by atoms with van der Waals surface area (Å²) in [6.07, 6.45) is 3.67. The van der Waals surface area contributed by atoms with Gasteiger partial charge in [-0.25, -0.2) is 9.97 Å². The minimum absolute atomic E-state index is 0.189. The number of pyridine rings is 1. The Morgan fingerprint density at radius 1 is 1.21 bits per heavy atom. The second-order valence-electron chi connectivity index (χ2n) is 6.72. The van der Waals surface area contributed by atoms with Gasteiger partial charge in [0.15, 0.2) is 0 Å². The standard InChI is InChI=1S/C21H20N4O2S/c1-3-16(19(26)23-11-14-8-6-13(2)7-9-14)25-12-24-17-15-5-4-10-22-20(15)28-18(17)21(25)27/h4-10,12,16H,3,11H2,1-2H3,(H,23,26)/t16-/m1/s1. The monoisotopic (exact) mass is 392 g/mol. The van der Waals surface area contributed by atoms with Crippen LogP contribution >= 0.6 is 11.3 Å². The van der Waals surface area contributed by atoms with E-state index in [1.165, 1.54) is 27.8 Å². The quantitative estimate of drug-likeness (QED) is 0.563. The Bertz CT molecular complexity index is 1210. The lowest BCUT2D eigenvalue weighted by Gasteiger charge is -2.17. The van der Waals surface area contributed by atoms with Crippen LogP contribution in [0.3, 0.4) is 0 Å². The zero-order chi connectivity index (χ0) is 19.7. The maximum absolute atomic E-state index is 13.0. The van der Waals surface area contributed by atoms with E-state index < -0.39 is 6.04 Å². The van der Waals surface area contributed by atoms with Crippen LogP contribution in [0, 0.1) is 6.92 Å². The Morgan fingerprint density at radius 3 is 2.75 bits per heavy atom. The van der Waals surface area contributed by atoms with Gasteiger partial charge in [0.25, 0.3) is 5.56 Å². The molecule has 0 saturated carbocycles. The number of hydrogen-bond donors (Lipinski definition) is 1. The number of hydrogen-bond acceptors (Lipinski definition) is 5. The Kier molecular flexibility index (Phi) is 4.92. The lowest BCUT2D eigenvalue weighted by molar-refractivity contribution is -0.124. The molecule has 0 fully saturated rings. The summed E-state index contributed by atoms with van der Waals surface area (Å²) in [4.78, 5) is 35.4. The van der Waals surface area contributed by atoms with Crippen molar-refractivity contribution in [3.05, 3.63) is 70.4 Å².